The van der Waals surface area contributed by atoms with Gasteiger partial charge in [0.05, 0.1) is 10.6 Å². The third-order valence-corrected chi connectivity index (χ3v) is 2.96. The van der Waals surface area contributed by atoms with Gasteiger partial charge in [-0.1, -0.05) is 0 Å². The van der Waals surface area contributed by atoms with E-state index in [4.69, 9.17) is 5.11 Å². The molecule has 0 aromatic heterocycles. The molecule has 3 N–H and O–H groups in total. The number of halogens is 1. The number of aromatic hydroxyl groups is 1. The summed E-state index contributed by atoms with van der Waals surface area (Å²) in [5.41, 5.74) is 0.419. The largest absolute Gasteiger partial charge is 0.507 e. The normalized spacial score (nSPS) is 12.2. The summed E-state index contributed by atoms with van der Waals surface area (Å²) in [7, 11) is 0. The molecule has 0 aliphatic rings. The molecule has 0 fully saturated rings. The minimum absolute atomic E-state index is 0.0432. The Hall–Kier alpha value is -1.07. The summed E-state index contributed by atoms with van der Waals surface area (Å²) in [6.07, 6.45) is 1.04. The molecule has 0 aliphatic heterocycles. The fourth-order valence-corrected chi connectivity index (χ4v) is 1.60. The van der Waals surface area contributed by atoms with Crippen molar-refractivity contribution in [2.75, 3.05) is 6.54 Å². The molecule has 4 nitrogen and oxygen atoms in total. The number of hydrogen-bond donors (Lipinski definition) is 3. The minimum atomic E-state index is -0.344. The quantitative estimate of drug-likeness (QED) is 0.729. The standard InChI is InChI=1S/C12H16BrNO3/c1-8(15)3-2-6-14-12(17)9-4-5-10(13)11(16)7-9/h4-5,7-8,15-16H,2-3,6H2,1H3,(H,14,17). The number of rotatable bonds is 5. The van der Waals surface area contributed by atoms with E-state index in [0.717, 1.165) is 6.42 Å². The fourth-order valence-electron chi connectivity index (χ4n) is 1.36. The molecular formula is C12H16BrNO3. The molecule has 1 unspecified atom stereocenters. The van der Waals surface area contributed by atoms with Crippen LogP contribution in [0.15, 0.2) is 22.7 Å². The van der Waals surface area contributed by atoms with E-state index in [0.29, 0.717) is 23.0 Å². The summed E-state index contributed by atoms with van der Waals surface area (Å²) >= 11 is 3.15. The molecule has 0 aliphatic carbocycles. The lowest BCUT2D eigenvalue weighted by molar-refractivity contribution is 0.0949. The van der Waals surface area contributed by atoms with Crippen LogP contribution in [0.4, 0.5) is 0 Å². The lowest BCUT2D eigenvalue weighted by Gasteiger charge is -2.07. The fraction of sp³-hybridized carbons (Fsp3) is 0.417. The van der Waals surface area contributed by atoms with Gasteiger partial charge < -0.3 is 15.5 Å². The second-order valence-electron chi connectivity index (χ2n) is 3.91. The Kier molecular flexibility index (Phi) is 5.44. The van der Waals surface area contributed by atoms with Crippen molar-refractivity contribution in [3.8, 4) is 5.75 Å². The van der Waals surface area contributed by atoms with Crippen molar-refractivity contribution in [1.82, 2.24) is 5.32 Å². The molecule has 0 spiro atoms. The summed E-state index contributed by atoms with van der Waals surface area (Å²) in [6, 6.07) is 4.67. The third-order valence-electron chi connectivity index (χ3n) is 2.29. The number of phenolic OH excluding ortho intramolecular Hbond substituents is 1. The average molecular weight is 302 g/mol. The molecule has 5 heteroatoms. The number of benzene rings is 1. The van der Waals surface area contributed by atoms with Crippen molar-refractivity contribution < 1.29 is 15.0 Å². The van der Waals surface area contributed by atoms with Crippen molar-refractivity contribution in [3.05, 3.63) is 28.2 Å². The van der Waals surface area contributed by atoms with Gasteiger partial charge in [-0.15, -0.1) is 0 Å². The van der Waals surface area contributed by atoms with E-state index in [1.807, 2.05) is 0 Å². The highest BCUT2D eigenvalue weighted by molar-refractivity contribution is 9.10. The van der Waals surface area contributed by atoms with E-state index in [9.17, 15) is 9.90 Å². The second-order valence-corrected chi connectivity index (χ2v) is 4.77. The van der Waals surface area contributed by atoms with Crippen LogP contribution < -0.4 is 5.32 Å². The lowest BCUT2D eigenvalue weighted by Crippen LogP contribution is -2.24. The van der Waals surface area contributed by atoms with Crippen molar-refractivity contribution in [2.45, 2.75) is 25.9 Å². The Morgan fingerprint density at radius 2 is 2.24 bits per heavy atom. The SMILES string of the molecule is CC(O)CCCNC(=O)c1ccc(Br)c(O)c1. The maximum absolute atomic E-state index is 11.7. The minimum Gasteiger partial charge on any atom is -0.507 e. The van der Waals surface area contributed by atoms with Crippen LogP contribution in [0.3, 0.4) is 0 Å². The average Bonchev–Trinajstić information content (AvgIpc) is 2.27. The van der Waals surface area contributed by atoms with Gasteiger partial charge in [0.1, 0.15) is 5.75 Å². The Morgan fingerprint density at radius 1 is 1.53 bits per heavy atom. The van der Waals surface area contributed by atoms with Crippen LogP contribution in [-0.2, 0) is 0 Å². The maximum Gasteiger partial charge on any atom is 0.251 e. The monoisotopic (exact) mass is 301 g/mol. The molecule has 0 saturated heterocycles. The number of phenols is 1. The molecule has 1 aromatic rings. The topological polar surface area (TPSA) is 69.6 Å². The van der Waals surface area contributed by atoms with E-state index in [1.165, 1.54) is 6.07 Å². The molecule has 17 heavy (non-hydrogen) atoms. The van der Waals surface area contributed by atoms with Crippen molar-refractivity contribution in [2.24, 2.45) is 0 Å². The number of aliphatic hydroxyl groups is 1. The van der Waals surface area contributed by atoms with Crippen LogP contribution in [0.2, 0.25) is 0 Å². The van der Waals surface area contributed by atoms with Crippen LogP contribution in [0.1, 0.15) is 30.1 Å². The molecule has 0 radical (unpaired) electrons. The van der Waals surface area contributed by atoms with Gasteiger partial charge in [-0.3, -0.25) is 4.79 Å². The highest BCUT2D eigenvalue weighted by atomic mass is 79.9. The van der Waals surface area contributed by atoms with Gasteiger partial charge in [0, 0.05) is 12.1 Å². The predicted molar refractivity (Wildman–Crippen MR) is 69.1 cm³/mol. The zero-order chi connectivity index (χ0) is 12.8. The van der Waals surface area contributed by atoms with Crippen LogP contribution in [0, 0.1) is 0 Å². The summed E-state index contributed by atoms with van der Waals surface area (Å²) in [5.74, 6) is -0.181. The summed E-state index contributed by atoms with van der Waals surface area (Å²) < 4.78 is 0.558. The summed E-state index contributed by atoms with van der Waals surface area (Å²) in [4.78, 5) is 11.7. The zero-order valence-electron chi connectivity index (χ0n) is 9.61. The van der Waals surface area contributed by atoms with E-state index in [1.54, 1.807) is 19.1 Å². The number of amides is 1. The molecule has 1 rings (SSSR count). The van der Waals surface area contributed by atoms with Crippen molar-refractivity contribution in [3.63, 3.8) is 0 Å². The number of carbonyl (C=O) groups is 1. The Balaban J connectivity index is 2.44. The first kappa shape index (κ1) is 14.0. The first-order valence-corrected chi connectivity index (χ1v) is 6.25. The molecule has 0 heterocycles. The van der Waals surface area contributed by atoms with Gasteiger partial charge in [-0.25, -0.2) is 0 Å². The van der Waals surface area contributed by atoms with Crippen LogP contribution in [0.25, 0.3) is 0 Å². The van der Waals surface area contributed by atoms with Gasteiger partial charge in [-0.2, -0.15) is 0 Å². The summed E-state index contributed by atoms with van der Waals surface area (Å²) in [6.45, 7) is 2.23. The second kappa shape index (κ2) is 6.61. The first-order chi connectivity index (χ1) is 8.00. The number of hydrogen-bond acceptors (Lipinski definition) is 3. The van der Waals surface area contributed by atoms with Crippen molar-refractivity contribution in [1.29, 1.82) is 0 Å². The molecule has 94 valence electrons. The predicted octanol–water partition coefficient (Wildman–Crippen LogP) is 2.05. The molecular weight excluding hydrogens is 286 g/mol. The highest BCUT2D eigenvalue weighted by Crippen LogP contribution is 2.24. The smallest absolute Gasteiger partial charge is 0.251 e. The Morgan fingerprint density at radius 3 is 2.82 bits per heavy atom. The molecule has 1 atom stereocenters. The third kappa shape index (κ3) is 4.75. The van der Waals surface area contributed by atoms with E-state index < -0.39 is 0 Å². The van der Waals surface area contributed by atoms with Crippen LogP contribution in [0.5, 0.6) is 5.75 Å². The number of aliphatic hydroxyl groups excluding tert-OH is 1. The van der Waals surface area contributed by atoms with Gasteiger partial charge in [0.25, 0.3) is 5.91 Å². The summed E-state index contributed by atoms with van der Waals surface area (Å²) in [5, 5.41) is 21.2. The molecule has 0 bridgehead atoms. The maximum atomic E-state index is 11.7. The highest BCUT2D eigenvalue weighted by Gasteiger charge is 2.07. The van der Waals surface area contributed by atoms with Gasteiger partial charge >= 0.3 is 0 Å². The van der Waals surface area contributed by atoms with Crippen LogP contribution in [-0.4, -0.2) is 28.8 Å². The van der Waals surface area contributed by atoms with E-state index in [-0.39, 0.29) is 17.8 Å². The lowest BCUT2D eigenvalue weighted by atomic mass is 10.2. The van der Waals surface area contributed by atoms with Gasteiger partial charge in [0.15, 0.2) is 0 Å². The molecule has 0 saturated carbocycles. The zero-order valence-corrected chi connectivity index (χ0v) is 11.2. The van der Waals surface area contributed by atoms with Gasteiger partial charge in [0.2, 0.25) is 0 Å². The van der Waals surface area contributed by atoms with Crippen LogP contribution >= 0.6 is 15.9 Å². The van der Waals surface area contributed by atoms with E-state index >= 15 is 0 Å². The van der Waals surface area contributed by atoms with Gasteiger partial charge in [-0.05, 0) is 53.9 Å². The number of nitrogens with one attached hydrogen (secondary N) is 1. The van der Waals surface area contributed by atoms with E-state index in [2.05, 4.69) is 21.2 Å². The number of carbonyl (C=O) groups excluding carboxylic acids is 1. The first-order valence-electron chi connectivity index (χ1n) is 5.45. The molecule has 1 aromatic carbocycles. The Bertz CT molecular complexity index is 393. The molecule has 1 amide bonds. The Labute approximate surface area is 109 Å². The van der Waals surface area contributed by atoms with Crippen molar-refractivity contribution >= 4 is 21.8 Å².